The smallest absolute Gasteiger partial charge is 0.257 e. The number of hydrogen-bond donors (Lipinski definition) is 0. The molecule has 2 rings (SSSR count). The van der Waals surface area contributed by atoms with Crippen molar-refractivity contribution >= 4 is 5.91 Å². The van der Waals surface area contributed by atoms with Gasteiger partial charge in [0.25, 0.3) is 5.91 Å². The van der Waals surface area contributed by atoms with E-state index in [2.05, 4.69) is 5.10 Å². The number of nitrogens with zero attached hydrogens (tertiary/aromatic N) is 3. The molecule has 1 heterocycles. The van der Waals surface area contributed by atoms with Gasteiger partial charge in [0.05, 0.1) is 17.8 Å². The third kappa shape index (κ3) is 2.43. The van der Waals surface area contributed by atoms with Crippen LogP contribution in [0.2, 0.25) is 0 Å². The van der Waals surface area contributed by atoms with Gasteiger partial charge in [-0.15, -0.1) is 0 Å². The number of carbonyl (C=O) groups is 1. The molecule has 1 aromatic heterocycles. The highest BCUT2D eigenvalue weighted by atomic mass is 19.1. The minimum atomic E-state index is -0.344. The average Bonchev–Trinajstić information content (AvgIpc) is 2.77. The van der Waals surface area contributed by atoms with Gasteiger partial charge in [0.1, 0.15) is 5.82 Å². The van der Waals surface area contributed by atoms with Gasteiger partial charge in [0.15, 0.2) is 0 Å². The lowest BCUT2D eigenvalue weighted by atomic mass is 10.1. The third-order valence-corrected chi connectivity index (χ3v) is 3.72. The number of carbonyl (C=O) groups excluding carboxylic acids is 1. The minimum Gasteiger partial charge on any atom is -0.335 e. The molecule has 2 aromatic rings. The molecule has 1 aromatic carbocycles. The van der Waals surface area contributed by atoms with E-state index >= 15 is 0 Å². The number of halogens is 1. The quantitative estimate of drug-likeness (QED) is 0.863. The van der Waals surface area contributed by atoms with Crippen LogP contribution in [0.25, 0.3) is 0 Å². The zero-order valence-electron chi connectivity index (χ0n) is 12.1. The molecule has 0 saturated carbocycles. The fourth-order valence-electron chi connectivity index (χ4n) is 2.10. The maximum atomic E-state index is 13.8. The first-order valence-corrected chi connectivity index (χ1v) is 6.43. The second-order valence-corrected chi connectivity index (χ2v) is 4.88. The molecular weight excluding hydrogens is 257 g/mol. The Morgan fingerprint density at radius 1 is 1.40 bits per heavy atom. The summed E-state index contributed by atoms with van der Waals surface area (Å²) in [5.41, 5.74) is 1.84. The highest BCUT2D eigenvalue weighted by Crippen LogP contribution is 2.23. The third-order valence-electron chi connectivity index (χ3n) is 3.72. The van der Waals surface area contributed by atoms with Crippen molar-refractivity contribution in [2.75, 3.05) is 7.05 Å². The first kappa shape index (κ1) is 14.2. The summed E-state index contributed by atoms with van der Waals surface area (Å²) in [6.07, 6.45) is 1.54. The van der Waals surface area contributed by atoms with Crippen molar-refractivity contribution < 1.29 is 9.18 Å². The molecule has 106 valence electrons. The number of hydrogen-bond acceptors (Lipinski definition) is 2. The fourth-order valence-corrected chi connectivity index (χ4v) is 2.10. The summed E-state index contributed by atoms with van der Waals surface area (Å²) in [6.45, 7) is 3.64. The second kappa shape index (κ2) is 5.45. The number of aryl methyl sites for hydroxylation is 1. The van der Waals surface area contributed by atoms with E-state index in [1.165, 1.54) is 11.0 Å². The molecule has 0 bridgehead atoms. The number of benzene rings is 1. The lowest BCUT2D eigenvalue weighted by Crippen LogP contribution is -2.30. The van der Waals surface area contributed by atoms with E-state index in [0.29, 0.717) is 11.1 Å². The van der Waals surface area contributed by atoms with Crippen LogP contribution in [-0.4, -0.2) is 27.6 Å². The van der Waals surface area contributed by atoms with Crippen molar-refractivity contribution in [2.24, 2.45) is 7.05 Å². The molecule has 1 unspecified atom stereocenters. The van der Waals surface area contributed by atoms with E-state index in [0.717, 1.165) is 5.69 Å². The Balaban J connectivity index is 2.27. The highest BCUT2D eigenvalue weighted by Gasteiger charge is 2.23. The Morgan fingerprint density at radius 3 is 2.60 bits per heavy atom. The van der Waals surface area contributed by atoms with Crippen molar-refractivity contribution in [3.8, 4) is 0 Å². The van der Waals surface area contributed by atoms with Crippen molar-refractivity contribution in [1.82, 2.24) is 14.7 Å². The van der Waals surface area contributed by atoms with E-state index in [4.69, 9.17) is 0 Å². The molecule has 0 saturated heterocycles. The van der Waals surface area contributed by atoms with Crippen LogP contribution >= 0.6 is 0 Å². The molecular formula is C15H18FN3O. The molecule has 20 heavy (non-hydrogen) atoms. The number of rotatable bonds is 3. The zero-order valence-corrected chi connectivity index (χ0v) is 12.1. The number of amides is 1. The molecule has 0 radical (unpaired) electrons. The van der Waals surface area contributed by atoms with Gasteiger partial charge in [-0.1, -0.05) is 18.2 Å². The zero-order chi connectivity index (χ0) is 14.9. The Morgan fingerprint density at radius 2 is 2.05 bits per heavy atom. The Labute approximate surface area is 117 Å². The van der Waals surface area contributed by atoms with Gasteiger partial charge in [-0.3, -0.25) is 9.48 Å². The lowest BCUT2D eigenvalue weighted by molar-refractivity contribution is 0.0739. The summed E-state index contributed by atoms with van der Waals surface area (Å²) < 4.78 is 15.4. The van der Waals surface area contributed by atoms with Crippen LogP contribution in [0.3, 0.4) is 0 Å². The van der Waals surface area contributed by atoms with Crippen LogP contribution < -0.4 is 0 Å². The van der Waals surface area contributed by atoms with E-state index in [-0.39, 0.29) is 17.8 Å². The molecule has 0 aliphatic heterocycles. The summed E-state index contributed by atoms with van der Waals surface area (Å²) in [5, 5.41) is 4.06. The van der Waals surface area contributed by atoms with E-state index < -0.39 is 0 Å². The Hall–Kier alpha value is -2.17. The van der Waals surface area contributed by atoms with Crippen LogP contribution in [0.4, 0.5) is 4.39 Å². The van der Waals surface area contributed by atoms with Gasteiger partial charge in [-0.2, -0.15) is 5.10 Å². The summed E-state index contributed by atoms with van der Waals surface area (Å²) in [5.74, 6) is -0.464. The van der Waals surface area contributed by atoms with Crippen molar-refractivity contribution in [1.29, 1.82) is 0 Å². The molecule has 1 amide bonds. The SMILES string of the molecule is Cc1c(C(=O)N(C)C(C)c2ccccc2F)cnn1C. The molecule has 5 heteroatoms. The lowest BCUT2D eigenvalue weighted by Gasteiger charge is -2.25. The maximum Gasteiger partial charge on any atom is 0.257 e. The summed E-state index contributed by atoms with van der Waals surface area (Å²) >= 11 is 0. The van der Waals surface area contributed by atoms with Gasteiger partial charge in [0.2, 0.25) is 0 Å². The number of aromatic nitrogens is 2. The van der Waals surface area contributed by atoms with Gasteiger partial charge < -0.3 is 4.90 Å². The van der Waals surface area contributed by atoms with Gasteiger partial charge in [0, 0.05) is 25.4 Å². The summed E-state index contributed by atoms with van der Waals surface area (Å²) in [4.78, 5) is 14.0. The van der Waals surface area contributed by atoms with Crippen molar-refractivity contribution in [2.45, 2.75) is 19.9 Å². The maximum absolute atomic E-state index is 13.8. The predicted molar refractivity (Wildman–Crippen MR) is 74.9 cm³/mol. The van der Waals surface area contributed by atoms with Crippen molar-refractivity contribution in [3.63, 3.8) is 0 Å². The summed E-state index contributed by atoms with van der Waals surface area (Å²) in [6, 6.07) is 6.16. The molecule has 4 nitrogen and oxygen atoms in total. The van der Waals surface area contributed by atoms with Gasteiger partial charge in [-0.25, -0.2) is 4.39 Å². The molecule has 0 N–H and O–H groups in total. The average molecular weight is 275 g/mol. The van der Waals surface area contributed by atoms with Crippen molar-refractivity contribution in [3.05, 3.63) is 53.1 Å². The predicted octanol–water partition coefficient (Wildman–Crippen LogP) is 2.70. The van der Waals surface area contributed by atoms with Crippen LogP contribution in [0, 0.1) is 12.7 Å². The topological polar surface area (TPSA) is 38.1 Å². The molecule has 0 fully saturated rings. The first-order chi connectivity index (χ1) is 9.43. The Bertz CT molecular complexity index is 636. The van der Waals surface area contributed by atoms with E-state index in [1.54, 1.807) is 43.2 Å². The highest BCUT2D eigenvalue weighted by molar-refractivity contribution is 5.95. The molecule has 0 aliphatic carbocycles. The Kier molecular flexibility index (Phi) is 3.88. The fraction of sp³-hybridized carbons (Fsp3) is 0.333. The molecule has 0 spiro atoms. The molecule has 0 aliphatic rings. The van der Waals surface area contributed by atoms with Gasteiger partial charge >= 0.3 is 0 Å². The van der Waals surface area contributed by atoms with Crippen LogP contribution in [0.15, 0.2) is 30.5 Å². The largest absolute Gasteiger partial charge is 0.335 e. The monoisotopic (exact) mass is 275 g/mol. The standard InChI is InChI=1S/C15H18FN3O/c1-10(12-7-5-6-8-14(12)16)18(3)15(20)13-9-17-19(4)11(13)2/h5-10H,1-4H3. The first-order valence-electron chi connectivity index (χ1n) is 6.43. The van der Waals surface area contributed by atoms with E-state index in [1.807, 2.05) is 13.8 Å². The van der Waals surface area contributed by atoms with E-state index in [9.17, 15) is 9.18 Å². The normalized spacial score (nSPS) is 12.2. The second-order valence-electron chi connectivity index (χ2n) is 4.88. The van der Waals surface area contributed by atoms with Crippen LogP contribution in [0.1, 0.15) is 34.6 Å². The van der Waals surface area contributed by atoms with Crippen LogP contribution in [-0.2, 0) is 7.05 Å². The minimum absolute atomic E-state index is 0.161. The van der Waals surface area contributed by atoms with Crippen LogP contribution in [0.5, 0.6) is 0 Å². The van der Waals surface area contributed by atoms with Gasteiger partial charge in [-0.05, 0) is 19.9 Å². The molecule has 1 atom stereocenters. The summed E-state index contributed by atoms with van der Waals surface area (Å²) in [7, 11) is 3.46.